The summed E-state index contributed by atoms with van der Waals surface area (Å²) < 4.78 is 0. The molecule has 0 fully saturated rings. The SMILES string of the molecule is CSC(=NCc1ccccc1)Nc1c(C)cccc1C.Cc1cccc(C)c1N=C=NCc1ccccc1. The van der Waals surface area contributed by atoms with E-state index in [0.29, 0.717) is 13.1 Å². The minimum Gasteiger partial charge on any atom is -0.335 e. The van der Waals surface area contributed by atoms with E-state index in [-0.39, 0.29) is 0 Å². The first kappa shape index (κ1) is 28.6. The van der Waals surface area contributed by atoms with Crippen molar-refractivity contribution in [3.05, 3.63) is 130 Å². The van der Waals surface area contributed by atoms with E-state index in [9.17, 15) is 0 Å². The van der Waals surface area contributed by atoms with Gasteiger partial charge in [-0.1, -0.05) is 109 Å². The zero-order valence-corrected chi connectivity index (χ0v) is 23.7. The number of nitrogens with one attached hydrogen (secondary N) is 1. The molecule has 38 heavy (non-hydrogen) atoms. The van der Waals surface area contributed by atoms with Crippen LogP contribution in [0.15, 0.2) is 112 Å². The van der Waals surface area contributed by atoms with Gasteiger partial charge in [-0.15, -0.1) is 0 Å². The number of benzene rings is 4. The van der Waals surface area contributed by atoms with Gasteiger partial charge in [0.05, 0.1) is 24.8 Å². The second kappa shape index (κ2) is 15.4. The largest absolute Gasteiger partial charge is 0.335 e. The second-order valence-electron chi connectivity index (χ2n) is 8.96. The maximum atomic E-state index is 4.66. The maximum Gasteiger partial charge on any atom is 0.161 e. The Hall–Kier alpha value is -3.92. The summed E-state index contributed by atoms with van der Waals surface area (Å²) in [5, 5.41) is 4.40. The fraction of sp³-hybridized carbons (Fsp3) is 0.212. The predicted octanol–water partition coefficient (Wildman–Crippen LogP) is 8.94. The quantitative estimate of drug-likeness (QED) is 0.204. The molecule has 0 atom stereocenters. The molecule has 1 N–H and O–H groups in total. The Morgan fingerprint density at radius 2 is 1.16 bits per heavy atom. The van der Waals surface area contributed by atoms with Gasteiger partial charge in [-0.2, -0.15) is 4.99 Å². The van der Waals surface area contributed by atoms with Gasteiger partial charge in [0.25, 0.3) is 0 Å². The van der Waals surface area contributed by atoms with Gasteiger partial charge in [0.2, 0.25) is 0 Å². The van der Waals surface area contributed by atoms with E-state index in [1.807, 2.05) is 86.8 Å². The molecule has 0 saturated carbocycles. The Morgan fingerprint density at radius 3 is 1.68 bits per heavy atom. The summed E-state index contributed by atoms with van der Waals surface area (Å²) in [6, 6.07) is 35.6. The number of anilines is 1. The molecule has 5 heteroatoms. The molecule has 0 aromatic heterocycles. The number of thioether (sulfide) groups is 1. The molecule has 0 aliphatic rings. The molecule has 0 bridgehead atoms. The number of aryl methyl sites for hydroxylation is 4. The van der Waals surface area contributed by atoms with Gasteiger partial charge in [-0.05, 0) is 67.3 Å². The summed E-state index contributed by atoms with van der Waals surface area (Å²) in [6.07, 6.45) is 2.05. The molecule has 4 nitrogen and oxygen atoms in total. The van der Waals surface area contributed by atoms with E-state index in [0.717, 1.165) is 27.7 Å². The van der Waals surface area contributed by atoms with Gasteiger partial charge in [0, 0.05) is 5.69 Å². The van der Waals surface area contributed by atoms with Crippen LogP contribution in [0.5, 0.6) is 0 Å². The number of nitrogens with zero attached hydrogens (tertiary/aromatic N) is 3. The van der Waals surface area contributed by atoms with Gasteiger partial charge in [0.15, 0.2) is 5.17 Å². The minimum absolute atomic E-state index is 0.620. The molecule has 0 saturated heterocycles. The third-order valence-corrected chi connectivity index (χ3v) is 6.55. The highest BCUT2D eigenvalue weighted by Gasteiger charge is 2.05. The molecule has 0 heterocycles. The van der Waals surface area contributed by atoms with Crippen molar-refractivity contribution in [2.24, 2.45) is 15.0 Å². The zero-order valence-electron chi connectivity index (χ0n) is 22.9. The lowest BCUT2D eigenvalue weighted by Gasteiger charge is -2.13. The van der Waals surface area contributed by atoms with Crippen LogP contribution >= 0.6 is 11.8 Å². The van der Waals surface area contributed by atoms with Crippen molar-refractivity contribution in [1.82, 2.24) is 0 Å². The smallest absolute Gasteiger partial charge is 0.161 e. The summed E-state index contributed by atoms with van der Waals surface area (Å²) in [6.45, 7) is 9.65. The Labute approximate surface area is 231 Å². The summed E-state index contributed by atoms with van der Waals surface area (Å²) in [5.41, 5.74) is 9.31. The number of hydrogen-bond acceptors (Lipinski definition) is 4. The Kier molecular flexibility index (Phi) is 11.6. The fourth-order valence-corrected chi connectivity index (χ4v) is 4.20. The first-order valence-corrected chi connectivity index (χ1v) is 13.9. The van der Waals surface area contributed by atoms with Crippen LogP contribution in [-0.2, 0) is 13.1 Å². The third kappa shape index (κ3) is 9.19. The average Bonchev–Trinajstić information content (AvgIpc) is 2.93. The van der Waals surface area contributed by atoms with Gasteiger partial charge < -0.3 is 5.32 Å². The standard InChI is InChI=1S/C17H20N2S.C16H16N2/c1-13-8-7-9-14(2)16(13)19-17(20-3)18-12-15-10-5-4-6-11-15;1-13-7-6-8-14(2)16(13)18-12-17-11-15-9-4-3-5-10-15/h4-11H,12H2,1-3H3,(H,18,19);3-10H,11H2,1-2H3. The Balaban J connectivity index is 0.000000212. The van der Waals surface area contributed by atoms with Gasteiger partial charge in [0.1, 0.15) is 0 Å². The van der Waals surface area contributed by atoms with Gasteiger partial charge in [-0.25, -0.2) is 4.99 Å². The molecular formula is C33H36N4S. The van der Waals surface area contributed by atoms with Crippen LogP contribution in [0, 0.1) is 27.7 Å². The number of rotatable bonds is 6. The van der Waals surface area contributed by atoms with Crippen LogP contribution in [0.1, 0.15) is 33.4 Å². The van der Waals surface area contributed by atoms with Crippen LogP contribution in [0.2, 0.25) is 0 Å². The van der Waals surface area contributed by atoms with E-state index in [2.05, 4.69) is 70.5 Å². The normalized spacial score (nSPS) is 10.6. The molecule has 0 amide bonds. The van der Waals surface area contributed by atoms with Crippen LogP contribution in [0.3, 0.4) is 0 Å². The summed E-state index contributed by atoms with van der Waals surface area (Å²) in [4.78, 5) is 13.2. The molecule has 0 unspecified atom stereocenters. The molecule has 0 aliphatic heterocycles. The lowest BCUT2D eigenvalue weighted by Crippen LogP contribution is -2.10. The van der Waals surface area contributed by atoms with Crippen molar-refractivity contribution in [2.45, 2.75) is 40.8 Å². The molecule has 0 radical (unpaired) electrons. The molecular weight excluding hydrogens is 484 g/mol. The average molecular weight is 521 g/mol. The highest BCUT2D eigenvalue weighted by Crippen LogP contribution is 2.22. The van der Waals surface area contributed by atoms with Gasteiger partial charge in [-0.3, -0.25) is 4.99 Å². The molecule has 194 valence electrons. The number of hydrogen-bond donors (Lipinski definition) is 1. The van der Waals surface area contributed by atoms with Crippen molar-refractivity contribution in [3.63, 3.8) is 0 Å². The lowest BCUT2D eigenvalue weighted by molar-refractivity contribution is 1.07. The first-order valence-electron chi connectivity index (χ1n) is 12.7. The fourth-order valence-electron chi connectivity index (χ4n) is 3.80. The van der Waals surface area contributed by atoms with E-state index in [1.165, 1.54) is 22.3 Å². The molecule has 4 rings (SSSR count). The molecule has 4 aromatic carbocycles. The Morgan fingerprint density at radius 1 is 0.658 bits per heavy atom. The minimum atomic E-state index is 0.620. The zero-order chi connectivity index (χ0) is 27.2. The van der Waals surface area contributed by atoms with Crippen molar-refractivity contribution >= 4 is 34.3 Å². The summed E-state index contributed by atoms with van der Waals surface area (Å²) in [5.74, 6) is 0. The number of aliphatic imine (C=N–C) groups is 3. The lowest BCUT2D eigenvalue weighted by atomic mass is 10.1. The van der Waals surface area contributed by atoms with E-state index in [4.69, 9.17) is 0 Å². The van der Waals surface area contributed by atoms with Crippen molar-refractivity contribution in [3.8, 4) is 0 Å². The number of amidine groups is 1. The van der Waals surface area contributed by atoms with Crippen LogP contribution < -0.4 is 5.32 Å². The van der Waals surface area contributed by atoms with E-state index in [1.54, 1.807) is 11.8 Å². The van der Waals surface area contributed by atoms with Crippen LogP contribution in [0.25, 0.3) is 0 Å². The Bertz CT molecular complexity index is 1350. The van der Waals surface area contributed by atoms with Crippen LogP contribution in [0.4, 0.5) is 11.4 Å². The van der Waals surface area contributed by atoms with Gasteiger partial charge >= 0.3 is 0 Å². The van der Waals surface area contributed by atoms with E-state index >= 15 is 0 Å². The van der Waals surface area contributed by atoms with Crippen molar-refractivity contribution < 1.29 is 0 Å². The molecule has 0 aliphatic carbocycles. The third-order valence-electron chi connectivity index (χ3n) is 5.93. The topological polar surface area (TPSA) is 49.1 Å². The van der Waals surface area contributed by atoms with Crippen molar-refractivity contribution in [1.29, 1.82) is 0 Å². The second-order valence-corrected chi connectivity index (χ2v) is 9.75. The summed E-state index contributed by atoms with van der Waals surface area (Å²) in [7, 11) is 0. The first-order chi connectivity index (χ1) is 18.5. The molecule has 4 aromatic rings. The maximum absolute atomic E-state index is 4.66. The highest BCUT2D eigenvalue weighted by molar-refractivity contribution is 8.13. The predicted molar refractivity (Wildman–Crippen MR) is 166 cm³/mol. The van der Waals surface area contributed by atoms with Crippen LogP contribution in [-0.4, -0.2) is 17.4 Å². The number of para-hydroxylation sites is 2. The van der Waals surface area contributed by atoms with Crippen molar-refractivity contribution in [2.75, 3.05) is 11.6 Å². The monoisotopic (exact) mass is 520 g/mol. The molecule has 0 spiro atoms. The van der Waals surface area contributed by atoms with E-state index < -0.39 is 0 Å². The summed E-state index contributed by atoms with van der Waals surface area (Å²) >= 11 is 1.64. The highest BCUT2D eigenvalue weighted by atomic mass is 32.2.